The number of hydrogen-bond donors (Lipinski definition) is 1. The van der Waals surface area contributed by atoms with Crippen LogP contribution in [-0.2, 0) is 14.9 Å². The van der Waals surface area contributed by atoms with E-state index in [1.165, 1.54) is 4.90 Å². The summed E-state index contributed by atoms with van der Waals surface area (Å²) in [5.74, 6) is 0.125. The van der Waals surface area contributed by atoms with Gasteiger partial charge in [-0.1, -0.05) is 20.8 Å². The van der Waals surface area contributed by atoms with E-state index in [0.29, 0.717) is 12.4 Å². The molecule has 20 heavy (non-hydrogen) atoms. The number of aromatic nitrogens is 3. The minimum Gasteiger partial charge on any atom is -0.466 e. The second kappa shape index (κ2) is 6.49. The Morgan fingerprint density at radius 1 is 1.35 bits per heavy atom. The molecule has 1 rings (SSSR count). The molecular weight excluding hydrogens is 260 g/mol. The van der Waals surface area contributed by atoms with Crippen molar-refractivity contribution < 1.29 is 14.3 Å². The summed E-state index contributed by atoms with van der Waals surface area (Å²) in [5.41, 5.74) is -0.199. The van der Waals surface area contributed by atoms with Crippen LogP contribution >= 0.6 is 0 Å². The highest BCUT2D eigenvalue weighted by Crippen LogP contribution is 2.17. The second-order valence-corrected chi connectivity index (χ2v) is 5.54. The molecule has 0 unspecified atom stereocenters. The van der Waals surface area contributed by atoms with Crippen LogP contribution in [-0.4, -0.2) is 52.2 Å². The Morgan fingerprint density at radius 3 is 2.50 bits per heavy atom. The highest BCUT2D eigenvalue weighted by molar-refractivity contribution is 5.90. The zero-order valence-corrected chi connectivity index (χ0v) is 12.7. The van der Waals surface area contributed by atoms with Crippen LogP contribution in [0.3, 0.4) is 0 Å². The fourth-order valence-corrected chi connectivity index (χ4v) is 1.46. The molecule has 1 aromatic heterocycles. The molecule has 0 aliphatic carbocycles. The SMILES string of the molecule is CCOC(=O)CCN(C)C(=O)c1n[nH]c(C(C)(C)C)n1. The van der Waals surface area contributed by atoms with E-state index in [1.807, 2.05) is 20.8 Å². The quantitative estimate of drug-likeness (QED) is 0.818. The van der Waals surface area contributed by atoms with E-state index < -0.39 is 0 Å². The van der Waals surface area contributed by atoms with E-state index in [1.54, 1.807) is 14.0 Å². The first-order chi connectivity index (χ1) is 9.25. The largest absolute Gasteiger partial charge is 0.466 e. The van der Waals surface area contributed by atoms with Gasteiger partial charge in [-0.25, -0.2) is 4.98 Å². The van der Waals surface area contributed by atoms with Crippen molar-refractivity contribution >= 4 is 11.9 Å². The van der Waals surface area contributed by atoms with Crippen molar-refractivity contribution in [3.05, 3.63) is 11.6 Å². The van der Waals surface area contributed by atoms with Crippen LogP contribution in [0.25, 0.3) is 0 Å². The summed E-state index contributed by atoms with van der Waals surface area (Å²) in [6.07, 6.45) is 0.159. The Balaban J connectivity index is 2.61. The summed E-state index contributed by atoms with van der Waals surface area (Å²) in [7, 11) is 1.61. The third-order valence-corrected chi connectivity index (χ3v) is 2.69. The number of amides is 1. The molecule has 0 aliphatic rings. The van der Waals surface area contributed by atoms with Crippen molar-refractivity contribution in [2.75, 3.05) is 20.2 Å². The Bertz CT molecular complexity index is 476. The van der Waals surface area contributed by atoms with E-state index in [-0.39, 0.29) is 36.1 Å². The molecule has 1 amide bonds. The van der Waals surface area contributed by atoms with Gasteiger partial charge in [-0.05, 0) is 6.92 Å². The van der Waals surface area contributed by atoms with Crippen molar-refractivity contribution in [3.63, 3.8) is 0 Å². The van der Waals surface area contributed by atoms with Crippen LogP contribution in [0.4, 0.5) is 0 Å². The number of nitrogens with one attached hydrogen (secondary N) is 1. The number of esters is 1. The first-order valence-corrected chi connectivity index (χ1v) is 6.59. The molecule has 0 aliphatic heterocycles. The number of carbonyl (C=O) groups is 2. The van der Waals surface area contributed by atoms with Gasteiger partial charge >= 0.3 is 5.97 Å². The maximum atomic E-state index is 12.1. The van der Waals surface area contributed by atoms with E-state index in [4.69, 9.17) is 4.74 Å². The Morgan fingerprint density at radius 2 is 2.00 bits per heavy atom. The summed E-state index contributed by atoms with van der Waals surface area (Å²) in [6, 6.07) is 0. The standard InChI is InChI=1S/C13H22N4O3/c1-6-20-9(18)7-8-17(5)11(19)10-14-12(16-15-10)13(2,3)4/h6-8H2,1-5H3,(H,14,15,16). The van der Waals surface area contributed by atoms with Gasteiger partial charge in [0.2, 0.25) is 5.82 Å². The lowest BCUT2D eigenvalue weighted by molar-refractivity contribution is -0.143. The first-order valence-electron chi connectivity index (χ1n) is 6.59. The minimum absolute atomic E-state index is 0.112. The van der Waals surface area contributed by atoms with Gasteiger partial charge in [0.25, 0.3) is 5.91 Å². The van der Waals surface area contributed by atoms with Gasteiger partial charge in [0.05, 0.1) is 13.0 Å². The Kier molecular flexibility index (Phi) is 5.24. The highest BCUT2D eigenvalue weighted by atomic mass is 16.5. The lowest BCUT2D eigenvalue weighted by atomic mass is 9.96. The zero-order valence-electron chi connectivity index (χ0n) is 12.7. The summed E-state index contributed by atoms with van der Waals surface area (Å²) in [4.78, 5) is 28.9. The van der Waals surface area contributed by atoms with Crippen LogP contribution in [0.1, 0.15) is 50.6 Å². The molecule has 7 heteroatoms. The van der Waals surface area contributed by atoms with Gasteiger partial charge in [-0.15, -0.1) is 5.10 Å². The molecule has 0 atom stereocenters. The minimum atomic E-state index is -0.322. The molecule has 112 valence electrons. The van der Waals surface area contributed by atoms with Gasteiger partial charge in [-0.3, -0.25) is 14.7 Å². The van der Waals surface area contributed by atoms with Crippen LogP contribution < -0.4 is 0 Å². The van der Waals surface area contributed by atoms with Crippen molar-refractivity contribution in [2.45, 2.75) is 39.5 Å². The molecule has 1 heterocycles. The summed E-state index contributed by atoms with van der Waals surface area (Å²) in [5, 5.41) is 6.69. The van der Waals surface area contributed by atoms with Gasteiger partial charge in [-0.2, -0.15) is 0 Å². The molecular formula is C13H22N4O3. The molecule has 7 nitrogen and oxygen atoms in total. The van der Waals surface area contributed by atoms with Gasteiger partial charge in [0.1, 0.15) is 5.82 Å². The van der Waals surface area contributed by atoms with Crippen molar-refractivity contribution in [3.8, 4) is 0 Å². The Labute approximate surface area is 118 Å². The first kappa shape index (κ1) is 16.1. The van der Waals surface area contributed by atoms with Crippen LogP contribution in [0, 0.1) is 0 Å². The van der Waals surface area contributed by atoms with Gasteiger partial charge < -0.3 is 9.64 Å². The summed E-state index contributed by atoms with van der Waals surface area (Å²) in [6.45, 7) is 8.29. The fourth-order valence-electron chi connectivity index (χ4n) is 1.46. The van der Waals surface area contributed by atoms with Crippen LogP contribution in [0.2, 0.25) is 0 Å². The van der Waals surface area contributed by atoms with E-state index in [2.05, 4.69) is 15.2 Å². The molecule has 0 saturated carbocycles. The molecule has 1 aromatic rings. The lowest BCUT2D eigenvalue weighted by Crippen LogP contribution is -2.30. The smallest absolute Gasteiger partial charge is 0.307 e. The predicted octanol–water partition coefficient (Wildman–Crippen LogP) is 1.13. The Hall–Kier alpha value is -1.92. The number of H-pyrrole nitrogens is 1. The number of ether oxygens (including phenoxy) is 1. The maximum Gasteiger partial charge on any atom is 0.307 e. The fraction of sp³-hybridized carbons (Fsp3) is 0.692. The number of rotatable bonds is 5. The highest BCUT2D eigenvalue weighted by Gasteiger charge is 2.23. The molecule has 0 fully saturated rings. The molecule has 0 bridgehead atoms. The topological polar surface area (TPSA) is 88.2 Å². The van der Waals surface area contributed by atoms with Crippen molar-refractivity contribution in [2.24, 2.45) is 0 Å². The van der Waals surface area contributed by atoms with Crippen LogP contribution in [0.15, 0.2) is 0 Å². The number of nitrogens with zero attached hydrogens (tertiary/aromatic N) is 3. The predicted molar refractivity (Wildman–Crippen MR) is 73.3 cm³/mol. The molecule has 0 spiro atoms. The van der Waals surface area contributed by atoms with Crippen LogP contribution in [0.5, 0.6) is 0 Å². The monoisotopic (exact) mass is 282 g/mol. The van der Waals surface area contributed by atoms with Gasteiger partial charge in [0, 0.05) is 19.0 Å². The summed E-state index contributed by atoms with van der Waals surface area (Å²) < 4.78 is 4.81. The third-order valence-electron chi connectivity index (χ3n) is 2.69. The molecule has 0 radical (unpaired) electrons. The van der Waals surface area contributed by atoms with Crippen molar-refractivity contribution in [1.82, 2.24) is 20.1 Å². The average molecular weight is 282 g/mol. The lowest BCUT2D eigenvalue weighted by Gasteiger charge is -2.15. The molecule has 0 aromatic carbocycles. The van der Waals surface area contributed by atoms with E-state index >= 15 is 0 Å². The zero-order chi connectivity index (χ0) is 15.3. The third kappa shape index (κ3) is 4.32. The number of carbonyl (C=O) groups excluding carboxylic acids is 2. The second-order valence-electron chi connectivity index (χ2n) is 5.54. The average Bonchev–Trinajstić information content (AvgIpc) is 2.84. The normalized spacial score (nSPS) is 11.2. The number of aromatic amines is 1. The maximum absolute atomic E-state index is 12.1. The van der Waals surface area contributed by atoms with Gasteiger partial charge in [0.15, 0.2) is 0 Å². The van der Waals surface area contributed by atoms with E-state index in [9.17, 15) is 9.59 Å². The number of hydrogen-bond acceptors (Lipinski definition) is 5. The van der Waals surface area contributed by atoms with E-state index in [0.717, 1.165) is 0 Å². The summed E-state index contributed by atoms with van der Waals surface area (Å²) >= 11 is 0. The molecule has 0 saturated heterocycles. The van der Waals surface area contributed by atoms with Crippen molar-refractivity contribution in [1.29, 1.82) is 0 Å². The molecule has 1 N–H and O–H groups in total.